The number of benzene rings is 2. The number of rotatable bonds is 6. The third-order valence-corrected chi connectivity index (χ3v) is 3.93. The quantitative estimate of drug-likeness (QED) is 0.487. The van der Waals surface area contributed by atoms with Crippen molar-refractivity contribution in [3.63, 3.8) is 0 Å². The van der Waals surface area contributed by atoms with Crippen molar-refractivity contribution in [1.82, 2.24) is 0 Å². The molecule has 0 saturated heterocycles. The van der Waals surface area contributed by atoms with Crippen LogP contribution in [0.1, 0.15) is 25.0 Å². The summed E-state index contributed by atoms with van der Waals surface area (Å²) in [6, 6.07) is 11.8. The van der Waals surface area contributed by atoms with E-state index in [0.29, 0.717) is 30.3 Å². The first kappa shape index (κ1) is 18.0. The molecule has 0 bridgehead atoms. The van der Waals surface area contributed by atoms with E-state index in [1.165, 1.54) is 6.07 Å². The summed E-state index contributed by atoms with van der Waals surface area (Å²) in [4.78, 5) is 0. The molecule has 0 aliphatic carbocycles. The molecule has 2 rings (SSSR count). The lowest BCUT2D eigenvalue weighted by Crippen LogP contribution is -1.99. The molecule has 0 unspecified atom stereocenters. The van der Waals surface area contributed by atoms with Crippen molar-refractivity contribution in [2.24, 2.45) is 0 Å². The van der Waals surface area contributed by atoms with Crippen LogP contribution in [0, 0.1) is 17.1 Å². The number of hydrogen-bond acceptors (Lipinski definition) is 3. The van der Waals surface area contributed by atoms with Gasteiger partial charge in [-0.2, -0.15) is 5.26 Å². The highest BCUT2D eigenvalue weighted by Gasteiger charge is 2.12. The summed E-state index contributed by atoms with van der Waals surface area (Å²) in [5.41, 5.74) is 1.21. The summed E-state index contributed by atoms with van der Waals surface area (Å²) in [6.45, 7) is 4.78. The Labute approximate surface area is 149 Å². The van der Waals surface area contributed by atoms with Crippen molar-refractivity contribution >= 4 is 27.6 Å². The third kappa shape index (κ3) is 4.15. The SMILES string of the molecule is CCOc1cc(Br)c(C=C(C#N)c2ccccc2F)cc1OCC. The normalized spacial score (nSPS) is 11.0. The van der Waals surface area contributed by atoms with Crippen LogP contribution >= 0.6 is 15.9 Å². The van der Waals surface area contributed by atoms with Crippen LogP contribution in [0.25, 0.3) is 11.6 Å². The summed E-state index contributed by atoms with van der Waals surface area (Å²) in [5.74, 6) is 0.768. The second kappa shape index (κ2) is 8.51. The topological polar surface area (TPSA) is 42.2 Å². The Balaban J connectivity index is 2.52. The van der Waals surface area contributed by atoms with Gasteiger partial charge in [-0.25, -0.2) is 4.39 Å². The van der Waals surface area contributed by atoms with Crippen molar-refractivity contribution in [1.29, 1.82) is 5.26 Å². The van der Waals surface area contributed by atoms with Crippen LogP contribution in [0.15, 0.2) is 40.9 Å². The fourth-order valence-electron chi connectivity index (χ4n) is 2.20. The van der Waals surface area contributed by atoms with E-state index < -0.39 is 5.82 Å². The Bertz CT molecular complexity index is 796. The Kier molecular flexibility index (Phi) is 6.39. The first-order chi connectivity index (χ1) is 11.6. The van der Waals surface area contributed by atoms with Crippen LogP contribution in [-0.2, 0) is 0 Å². The fourth-order valence-corrected chi connectivity index (χ4v) is 2.64. The highest BCUT2D eigenvalue weighted by molar-refractivity contribution is 9.10. The maximum absolute atomic E-state index is 13.9. The molecule has 124 valence electrons. The zero-order valence-corrected chi connectivity index (χ0v) is 15.1. The molecule has 0 spiro atoms. The van der Waals surface area contributed by atoms with Gasteiger partial charge >= 0.3 is 0 Å². The van der Waals surface area contributed by atoms with Gasteiger partial charge in [0.25, 0.3) is 0 Å². The zero-order chi connectivity index (χ0) is 17.5. The minimum Gasteiger partial charge on any atom is -0.490 e. The van der Waals surface area contributed by atoms with Gasteiger partial charge in [-0.1, -0.05) is 34.1 Å². The molecule has 0 heterocycles. The van der Waals surface area contributed by atoms with Crippen molar-refractivity contribution in [2.75, 3.05) is 13.2 Å². The van der Waals surface area contributed by atoms with Crippen LogP contribution < -0.4 is 9.47 Å². The predicted molar refractivity (Wildman–Crippen MR) is 96.4 cm³/mol. The summed E-state index contributed by atoms with van der Waals surface area (Å²) < 4.78 is 25.8. The first-order valence-electron chi connectivity index (χ1n) is 7.56. The van der Waals surface area contributed by atoms with E-state index in [1.54, 1.807) is 36.4 Å². The lowest BCUT2D eigenvalue weighted by Gasteiger charge is -2.13. The Morgan fingerprint density at radius 1 is 1.17 bits per heavy atom. The highest BCUT2D eigenvalue weighted by Crippen LogP contribution is 2.35. The standard InChI is InChI=1S/C19H17BrFNO2/c1-3-23-18-10-13(16(20)11-19(18)24-4-2)9-14(12-22)15-7-5-6-8-17(15)21/h5-11H,3-4H2,1-2H3. The van der Waals surface area contributed by atoms with E-state index in [0.717, 1.165) is 4.47 Å². The molecule has 0 saturated carbocycles. The smallest absolute Gasteiger partial charge is 0.162 e. The van der Waals surface area contributed by atoms with E-state index in [-0.39, 0.29) is 11.1 Å². The highest BCUT2D eigenvalue weighted by atomic mass is 79.9. The van der Waals surface area contributed by atoms with Crippen LogP contribution in [0.2, 0.25) is 0 Å². The van der Waals surface area contributed by atoms with Gasteiger partial charge in [0.1, 0.15) is 5.82 Å². The molecular formula is C19H17BrFNO2. The van der Waals surface area contributed by atoms with Crippen molar-refractivity contribution in [3.8, 4) is 17.6 Å². The molecule has 0 atom stereocenters. The lowest BCUT2D eigenvalue weighted by atomic mass is 10.0. The molecule has 24 heavy (non-hydrogen) atoms. The molecule has 3 nitrogen and oxygen atoms in total. The van der Waals surface area contributed by atoms with E-state index in [1.807, 2.05) is 13.8 Å². The number of nitrogens with zero attached hydrogens (tertiary/aromatic N) is 1. The Morgan fingerprint density at radius 3 is 2.38 bits per heavy atom. The summed E-state index contributed by atoms with van der Waals surface area (Å²) in [7, 11) is 0. The molecule has 0 aliphatic heterocycles. The molecule has 2 aromatic carbocycles. The fraction of sp³-hybridized carbons (Fsp3) is 0.211. The number of ether oxygens (including phenoxy) is 2. The zero-order valence-electron chi connectivity index (χ0n) is 13.5. The van der Waals surface area contributed by atoms with E-state index in [4.69, 9.17) is 9.47 Å². The lowest BCUT2D eigenvalue weighted by molar-refractivity contribution is 0.287. The minimum absolute atomic E-state index is 0.236. The Morgan fingerprint density at radius 2 is 1.79 bits per heavy atom. The molecule has 0 aliphatic rings. The van der Waals surface area contributed by atoms with Crippen LogP contribution in [-0.4, -0.2) is 13.2 Å². The van der Waals surface area contributed by atoms with Crippen LogP contribution in [0.3, 0.4) is 0 Å². The molecule has 0 radical (unpaired) electrons. The molecule has 0 amide bonds. The number of allylic oxidation sites excluding steroid dienone is 1. The molecule has 0 N–H and O–H groups in total. The van der Waals surface area contributed by atoms with Gasteiger partial charge < -0.3 is 9.47 Å². The predicted octanol–water partition coefficient (Wildman–Crippen LogP) is 5.45. The first-order valence-corrected chi connectivity index (χ1v) is 8.35. The number of nitriles is 1. The third-order valence-electron chi connectivity index (χ3n) is 3.25. The Hall–Kier alpha value is -2.32. The minimum atomic E-state index is -0.433. The van der Waals surface area contributed by atoms with Gasteiger partial charge in [-0.05, 0) is 43.7 Å². The van der Waals surface area contributed by atoms with Crippen molar-refractivity contribution < 1.29 is 13.9 Å². The van der Waals surface area contributed by atoms with Crippen LogP contribution in [0.5, 0.6) is 11.5 Å². The van der Waals surface area contributed by atoms with E-state index >= 15 is 0 Å². The van der Waals surface area contributed by atoms with Gasteiger partial charge in [0.15, 0.2) is 11.5 Å². The van der Waals surface area contributed by atoms with E-state index in [2.05, 4.69) is 22.0 Å². The maximum atomic E-state index is 13.9. The second-order valence-electron chi connectivity index (χ2n) is 4.84. The number of hydrogen-bond donors (Lipinski definition) is 0. The van der Waals surface area contributed by atoms with Gasteiger partial charge in [-0.3, -0.25) is 0 Å². The van der Waals surface area contributed by atoms with Gasteiger partial charge in [0.05, 0.1) is 24.9 Å². The summed E-state index contributed by atoms with van der Waals surface area (Å²) in [5, 5.41) is 9.41. The molecular weight excluding hydrogens is 373 g/mol. The van der Waals surface area contributed by atoms with Crippen molar-refractivity contribution in [2.45, 2.75) is 13.8 Å². The van der Waals surface area contributed by atoms with Crippen LogP contribution in [0.4, 0.5) is 4.39 Å². The van der Waals surface area contributed by atoms with Gasteiger partial charge in [0, 0.05) is 10.0 Å². The van der Waals surface area contributed by atoms with Gasteiger partial charge in [-0.15, -0.1) is 0 Å². The van der Waals surface area contributed by atoms with Crippen molar-refractivity contribution in [3.05, 3.63) is 57.8 Å². The molecule has 5 heteroatoms. The molecule has 0 aromatic heterocycles. The van der Waals surface area contributed by atoms with Gasteiger partial charge in [0.2, 0.25) is 0 Å². The second-order valence-corrected chi connectivity index (χ2v) is 5.69. The summed E-state index contributed by atoms with van der Waals surface area (Å²) in [6.07, 6.45) is 1.63. The average molecular weight is 390 g/mol. The average Bonchev–Trinajstić information content (AvgIpc) is 2.57. The molecule has 0 fully saturated rings. The maximum Gasteiger partial charge on any atom is 0.162 e. The largest absolute Gasteiger partial charge is 0.490 e. The summed E-state index contributed by atoms with van der Waals surface area (Å²) >= 11 is 3.47. The number of halogens is 2. The van der Waals surface area contributed by atoms with E-state index in [9.17, 15) is 9.65 Å². The molecule has 2 aromatic rings. The monoisotopic (exact) mass is 389 g/mol.